The van der Waals surface area contributed by atoms with E-state index in [9.17, 15) is 19.4 Å². The van der Waals surface area contributed by atoms with Crippen molar-refractivity contribution in [3.8, 4) is 0 Å². The fourth-order valence-electron chi connectivity index (χ4n) is 2.67. The number of ether oxygens (including phenoxy) is 1. The predicted molar refractivity (Wildman–Crippen MR) is 82.6 cm³/mol. The van der Waals surface area contributed by atoms with E-state index in [0.717, 1.165) is 23.6 Å². The summed E-state index contributed by atoms with van der Waals surface area (Å²) in [4.78, 5) is 15.8. The van der Waals surface area contributed by atoms with Gasteiger partial charge in [0.25, 0.3) is 0 Å². The van der Waals surface area contributed by atoms with E-state index < -0.39 is 36.0 Å². The Morgan fingerprint density at radius 2 is 2.17 bits per heavy atom. The van der Waals surface area contributed by atoms with Crippen molar-refractivity contribution in [3.05, 3.63) is 22.5 Å². The zero-order valence-corrected chi connectivity index (χ0v) is 13.6. The molecule has 0 spiro atoms. The minimum atomic E-state index is -1.31. The van der Waals surface area contributed by atoms with Crippen molar-refractivity contribution in [2.45, 2.75) is 58.2 Å². The molecule has 0 bridgehead atoms. The topological polar surface area (TPSA) is 96.6 Å². The maximum Gasteiger partial charge on any atom is 0.351 e. The van der Waals surface area contributed by atoms with Gasteiger partial charge in [-0.15, -0.1) is 0 Å². The Morgan fingerprint density at radius 3 is 2.74 bits per heavy atom. The van der Waals surface area contributed by atoms with Gasteiger partial charge in [0.05, 0.1) is 12.3 Å². The van der Waals surface area contributed by atoms with Gasteiger partial charge in [-0.2, -0.15) is 4.98 Å². The highest BCUT2D eigenvalue weighted by atomic mass is 19.1. The second-order valence-corrected chi connectivity index (χ2v) is 6.11. The first-order valence-corrected chi connectivity index (χ1v) is 7.89. The molecule has 3 N–H and O–H groups in total. The van der Waals surface area contributed by atoms with Gasteiger partial charge in [0.15, 0.2) is 17.9 Å². The van der Waals surface area contributed by atoms with Crippen LogP contribution in [0.25, 0.3) is 0 Å². The lowest BCUT2D eigenvalue weighted by Gasteiger charge is -2.18. The summed E-state index contributed by atoms with van der Waals surface area (Å²) in [5.74, 6) is -0.493. The summed E-state index contributed by atoms with van der Waals surface area (Å²) < 4.78 is 20.3. The van der Waals surface area contributed by atoms with E-state index in [4.69, 9.17) is 4.74 Å². The number of aliphatic hydroxyl groups excluding tert-OH is 2. The molecule has 0 radical (unpaired) electrons. The van der Waals surface area contributed by atoms with Crippen LogP contribution >= 0.6 is 0 Å². The first-order chi connectivity index (χ1) is 10.8. The molecule has 130 valence electrons. The smallest absolute Gasteiger partial charge is 0.351 e. The molecule has 3 unspecified atom stereocenters. The van der Waals surface area contributed by atoms with E-state index in [1.54, 1.807) is 6.92 Å². The molecule has 1 aliphatic rings. The third-order valence-corrected chi connectivity index (χ3v) is 4.06. The predicted octanol–water partition coefficient (Wildman–Crippen LogP) is 0.870. The Hall–Kier alpha value is -1.51. The van der Waals surface area contributed by atoms with Gasteiger partial charge in [-0.05, 0) is 19.3 Å². The molecular formula is C15H24FN3O4. The van der Waals surface area contributed by atoms with Crippen molar-refractivity contribution in [2.24, 2.45) is 5.92 Å². The second-order valence-electron chi connectivity index (χ2n) is 6.11. The monoisotopic (exact) mass is 329 g/mol. The van der Waals surface area contributed by atoms with Crippen LogP contribution in [0.2, 0.25) is 0 Å². The third kappa shape index (κ3) is 3.88. The van der Waals surface area contributed by atoms with Gasteiger partial charge in [0, 0.05) is 6.54 Å². The average Bonchev–Trinajstić information content (AvgIpc) is 2.75. The number of nitrogens with zero attached hydrogens (tertiary/aromatic N) is 2. The van der Waals surface area contributed by atoms with Crippen LogP contribution in [0, 0.1) is 11.7 Å². The van der Waals surface area contributed by atoms with Crippen LogP contribution in [0.4, 0.5) is 10.2 Å². The zero-order valence-electron chi connectivity index (χ0n) is 13.6. The number of aromatic nitrogens is 2. The molecule has 2 rings (SSSR count). The number of rotatable bonds is 6. The molecule has 0 aromatic carbocycles. The molecule has 23 heavy (non-hydrogen) atoms. The van der Waals surface area contributed by atoms with Crippen molar-refractivity contribution >= 4 is 5.82 Å². The SMILES string of the molecule is CCCC(C)CNc1nc(=O)n([C@@H]2O[C@H](C)C(O)C2O)cc1F. The fourth-order valence-corrected chi connectivity index (χ4v) is 2.67. The Kier molecular flexibility index (Phi) is 5.72. The van der Waals surface area contributed by atoms with Gasteiger partial charge in [-0.1, -0.05) is 20.3 Å². The number of halogens is 1. The quantitative estimate of drug-likeness (QED) is 0.717. The van der Waals surface area contributed by atoms with Crippen LogP contribution in [0.3, 0.4) is 0 Å². The van der Waals surface area contributed by atoms with E-state index in [0.29, 0.717) is 12.5 Å². The standard InChI is InChI=1S/C15H24FN3O4/c1-4-5-8(2)6-17-13-10(16)7-19(15(22)18-13)14-12(21)11(20)9(3)23-14/h7-9,11-12,14,20-21H,4-6H2,1-3H3,(H,17,18,22)/t8?,9-,11?,12?,14-/m1/s1. The summed E-state index contributed by atoms with van der Waals surface area (Å²) in [6.07, 6.45) is -1.29. The van der Waals surface area contributed by atoms with Crippen LogP contribution in [0.15, 0.2) is 11.0 Å². The van der Waals surface area contributed by atoms with E-state index in [1.165, 1.54) is 0 Å². The maximum absolute atomic E-state index is 14.2. The minimum absolute atomic E-state index is 0.115. The molecule has 5 atom stereocenters. The van der Waals surface area contributed by atoms with Crippen LogP contribution < -0.4 is 11.0 Å². The Bertz CT molecular complexity index is 595. The molecule has 0 aliphatic carbocycles. The zero-order chi connectivity index (χ0) is 17.1. The van der Waals surface area contributed by atoms with Crippen molar-refractivity contribution in [3.63, 3.8) is 0 Å². The highest BCUT2D eigenvalue weighted by Crippen LogP contribution is 2.28. The van der Waals surface area contributed by atoms with Crippen LogP contribution in [-0.2, 0) is 4.74 Å². The summed E-state index contributed by atoms with van der Waals surface area (Å²) >= 11 is 0. The number of hydrogen-bond donors (Lipinski definition) is 3. The molecule has 1 aromatic heterocycles. The molecule has 0 amide bonds. The van der Waals surface area contributed by atoms with Crippen molar-refractivity contribution < 1.29 is 19.3 Å². The van der Waals surface area contributed by atoms with Crippen molar-refractivity contribution in [1.29, 1.82) is 0 Å². The number of anilines is 1. The largest absolute Gasteiger partial charge is 0.388 e. The third-order valence-electron chi connectivity index (χ3n) is 4.06. The first kappa shape index (κ1) is 17.8. The molecule has 1 saturated heterocycles. The van der Waals surface area contributed by atoms with Gasteiger partial charge in [0.2, 0.25) is 0 Å². The normalized spacial score (nSPS) is 28.8. The molecule has 7 nitrogen and oxygen atoms in total. The highest BCUT2D eigenvalue weighted by molar-refractivity contribution is 5.34. The lowest BCUT2D eigenvalue weighted by atomic mass is 10.1. The molecule has 1 aliphatic heterocycles. The molecular weight excluding hydrogens is 305 g/mol. The van der Waals surface area contributed by atoms with Gasteiger partial charge < -0.3 is 20.3 Å². The van der Waals surface area contributed by atoms with Crippen molar-refractivity contribution in [1.82, 2.24) is 9.55 Å². The van der Waals surface area contributed by atoms with Gasteiger partial charge in [-0.3, -0.25) is 4.57 Å². The number of aliphatic hydroxyl groups is 2. The molecule has 1 fully saturated rings. The van der Waals surface area contributed by atoms with E-state index in [1.807, 2.05) is 6.92 Å². The minimum Gasteiger partial charge on any atom is -0.388 e. The second kappa shape index (κ2) is 7.37. The van der Waals surface area contributed by atoms with Crippen LogP contribution in [0.1, 0.15) is 39.8 Å². The lowest BCUT2D eigenvalue weighted by Crippen LogP contribution is -2.36. The Balaban J connectivity index is 2.16. The van der Waals surface area contributed by atoms with Gasteiger partial charge in [0.1, 0.15) is 12.2 Å². The number of hydrogen-bond acceptors (Lipinski definition) is 6. The Morgan fingerprint density at radius 1 is 1.48 bits per heavy atom. The highest BCUT2D eigenvalue weighted by Gasteiger charge is 2.42. The van der Waals surface area contributed by atoms with E-state index >= 15 is 0 Å². The van der Waals surface area contributed by atoms with Crippen LogP contribution in [0.5, 0.6) is 0 Å². The summed E-state index contributed by atoms with van der Waals surface area (Å²) in [5, 5.41) is 22.4. The van der Waals surface area contributed by atoms with Crippen LogP contribution in [-0.4, -0.2) is 44.6 Å². The Labute approximate surface area is 134 Å². The molecule has 2 heterocycles. The molecule has 8 heteroatoms. The van der Waals surface area contributed by atoms with E-state index in [2.05, 4.69) is 17.2 Å². The number of nitrogens with one attached hydrogen (secondary N) is 1. The van der Waals surface area contributed by atoms with E-state index in [-0.39, 0.29) is 5.82 Å². The van der Waals surface area contributed by atoms with Crippen molar-refractivity contribution in [2.75, 3.05) is 11.9 Å². The summed E-state index contributed by atoms with van der Waals surface area (Å²) in [6.45, 7) is 6.17. The molecule has 0 saturated carbocycles. The summed E-state index contributed by atoms with van der Waals surface area (Å²) in [6, 6.07) is 0. The average molecular weight is 329 g/mol. The fraction of sp³-hybridized carbons (Fsp3) is 0.733. The summed E-state index contributed by atoms with van der Waals surface area (Å²) in [5.41, 5.74) is -0.748. The maximum atomic E-state index is 14.2. The van der Waals surface area contributed by atoms with Gasteiger partial charge >= 0.3 is 5.69 Å². The molecule has 1 aromatic rings. The first-order valence-electron chi connectivity index (χ1n) is 7.89. The van der Waals surface area contributed by atoms with Gasteiger partial charge in [-0.25, -0.2) is 9.18 Å². The lowest BCUT2D eigenvalue weighted by molar-refractivity contribution is -0.0355. The summed E-state index contributed by atoms with van der Waals surface area (Å²) in [7, 11) is 0.